The molecule has 0 radical (unpaired) electrons. The molecule has 1 N–H and O–H groups in total. The summed E-state index contributed by atoms with van der Waals surface area (Å²) in [5.74, 6) is 0. The van der Waals surface area contributed by atoms with Gasteiger partial charge in [-0.15, -0.1) is 0 Å². The van der Waals surface area contributed by atoms with Crippen molar-refractivity contribution in [3.63, 3.8) is 0 Å². The Kier molecular flexibility index (Phi) is 40.1. The van der Waals surface area contributed by atoms with E-state index in [1.807, 2.05) is 0 Å². The van der Waals surface area contributed by atoms with Crippen LogP contribution in [0.2, 0.25) is 0 Å². The molecule has 0 fully saturated rings. The molecule has 0 bridgehead atoms. The number of nitrogens with one attached hydrogen (secondary N) is 1. The molecule has 1 rings (SSSR count). The first-order chi connectivity index (χ1) is 29.1. The minimum Gasteiger partial charge on any atom is -0.379 e. The quantitative estimate of drug-likeness (QED) is 0.0384. The van der Waals surface area contributed by atoms with Crippen molar-refractivity contribution < 1.29 is 57.2 Å². The average molecular weight is 848 g/mol. The summed E-state index contributed by atoms with van der Waals surface area (Å²) in [5, 5.41) is 24.9. The molecule has 17 heteroatoms. The second-order valence-electron chi connectivity index (χ2n) is 13.9. The van der Waals surface area contributed by atoms with Crippen molar-refractivity contribution in [2.24, 2.45) is 0 Å². The number of nitrogens with zero attached hydrogens (tertiary/aromatic N) is 2. The molecule has 0 saturated heterocycles. The van der Waals surface area contributed by atoms with Crippen LogP contribution in [0.4, 0.5) is 17.1 Å². The number of unbranched alkanes of at least 4 members (excludes halogenated alkanes) is 13. The van der Waals surface area contributed by atoms with Gasteiger partial charge in [0.15, 0.2) is 0 Å². The minimum absolute atomic E-state index is 0.189. The summed E-state index contributed by atoms with van der Waals surface area (Å²) in [4.78, 5) is 20.7. The first-order valence-corrected chi connectivity index (χ1v) is 22.0. The van der Waals surface area contributed by atoms with Crippen LogP contribution in [0, 0.1) is 20.2 Å². The summed E-state index contributed by atoms with van der Waals surface area (Å²) in [7, 11) is 0. The van der Waals surface area contributed by atoms with E-state index in [-0.39, 0.29) is 23.7 Å². The van der Waals surface area contributed by atoms with Gasteiger partial charge in [0.1, 0.15) is 5.69 Å². The first kappa shape index (κ1) is 54.4. The van der Waals surface area contributed by atoms with Crippen molar-refractivity contribution in [1.29, 1.82) is 0 Å². The Bertz CT molecular complexity index is 1090. The summed E-state index contributed by atoms with van der Waals surface area (Å²) in [6, 6.07) is 3.44. The van der Waals surface area contributed by atoms with Gasteiger partial charge in [0.2, 0.25) is 0 Å². The zero-order valence-corrected chi connectivity index (χ0v) is 36.1. The van der Waals surface area contributed by atoms with E-state index in [0.717, 1.165) is 19.1 Å². The van der Waals surface area contributed by atoms with Gasteiger partial charge in [-0.2, -0.15) is 0 Å². The molecule has 0 amide bonds. The largest absolute Gasteiger partial charge is 0.379 e. The smallest absolute Gasteiger partial charge is 0.299 e. The summed E-state index contributed by atoms with van der Waals surface area (Å²) in [5.41, 5.74) is -0.517. The van der Waals surface area contributed by atoms with Crippen LogP contribution in [0.3, 0.4) is 0 Å². The van der Waals surface area contributed by atoms with E-state index in [1.54, 1.807) is 0 Å². The van der Waals surface area contributed by atoms with Crippen LogP contribution in [0.15, 0.2) is 18.2 Å². The molecule has 1 aromatic rings. The lowest BCUT2D eigenvalue weighted by Crippen LogP contribution is -2.16. The van der Waals surface area contributed by atoms with Gasteiger partial charge in [0.05, 0.1) is 141 Å². The zero-order chi connectivity index (χ0) is 42.5. The van der Waals surface area contributed by atoms with Crippen molar-refractivity contribution in [2.45, 2.75) is 96.8 Å². The monoisotopic (exact) mass is 848 g/mol. The zero-order valence-electron chi connectivity index (χ0n) is 36.1. The number of hydrogen-bond donors (Lipinski definition) is 1. The van der Waals surface area contributed by atoms with Crippen molar-refractivity contribution in [3.05, 3.63) is 38.4 Å². The van der Waals surface area contributed by atoms with Crippen LogP contribution in [-0.2, 0) is 47.4 Å². The van der Waals surface area contributed by atoms with Crippen LogP contribution >= 0.6 is 0 Å². The van der Waals surface area contributed by atoms with Gasteiger partial charge in [-0.3, -0.25) is 20.2 Å². The molecule has 0 saturated carbocycles. The normalized spacial score (nSPS) is 11.4. The molecule has 0 aliphatic carbocycles. The summed E-state index contributed by atoms with van der Waals surface area (Å²) in [6.45, 7) is 12.3. The molecule has 17 nitrogen and oxygen atoms in total. The van der Waals surface area contributed by atoms with Gasteiger partial charge < -0.3 is 52.7 Å². The van der Waals surface area contributed by atoms with Crippen LogP contribution < -0.4 is 5.32 Å². The van der Waals surface area contributed by atoms with Crippen molar-refractivity contribution >= 4 is 17.1 Å². The molecule has 0 aliphatic heterocycles. The number of ether oxygens (including phenoxy) is 10. The van der Waals surface area contributed by atoms with Crippen molar-refractivity contribution in [2.75, 3.05) is 144 Å². The fourth-order valence-corrected chi connectivity index (χ4v) is 5.67. The van der Waals surface area contributed by atoms with Gasteiger partial charge in [-0.05, 0) is 12.5 Å². The maximum atomic E-state index is 11.2. The highest BCUT2D eigenvalue weighted by Crippen LogP contribution is 2.28. The molecule has 1 aromatic carbocycles. The van der Waals surface area contributed by atoms with Crippen molar-refractivity contribution in [3.8, 4) is 0 Å². The number of hydrogen-bond acceptors (Lipinski definition) is 15. The molecule has 0 unspecified atom stereocenters. The predicted molar refractivity (Wildman–Crippen MR) is 227 cm³/mol. The number of anilines is 1. The topological polar surface area (TPSA) is 191 Å². The van der Waals surface area contributed by atoms with E-state index in [1.165, 1.54) is 95.6 Å². The standard InChI is InChI=1S/C42H77N3O14/c1-2-3-4-5-6-7-8-9-10-11-12-13-14-15-19-50-21-23-52-25-27-54-29-31-56-33-35-58-37-38-59-36-34-57-32-30-55-28-26-53-24-22-51-20-18-43-41-17-16-40(44(46)47)39-42(41)45(48)49/h16-17,39,43H,2-15,18-38H2,1H3. The van der Waals surface area contributed by atoms with E-state index >= 15 is 0 Å². The Morgan fingerprint density at radius 2 is 0.712 bits per heavy atom. The number of rotatable bonds is 48. The molecule has 0 heterocycles. The van der Waals surface area contributed by atoms with Gasteiger partial charge in [-0.1, -0.05) is 90.4 Å². The second-order valence-corrected chi connectivity index (χ2v) is 13.9. The Morgan fingerprint density at radius 1 is 0.407 bits per heavy atom. The van der Waals surface area contributed by atoms with Crippen LogP contribution in [-0.4, -0.2) is 149 Å². The van der Waals surface area contributed by atoms with Gasteiger partial charge >= 0.3 is 0 Å². The predicted octanol–water partition coefficient (Wildman–Crippen LogP) is 7.56. The van der Waals surface area contributed by atoms with Gasteiger partial charge in [0, 0.05) is 19.2 Å². The summed E-state index contributed by atoms with van der Waals surface area (Å²) < 4.78 is 55.1. The lowest BCUT2D eigenvalue weighted by atomic mass is 10.0. The first-order valence-electron chi connectivity index (χ1n) is 22.0. The fraction of sp³-hybridized carbons (Fsp3) is 0.857. The van der Waals surface area contributed by atoms with Crippen molar-refractivity contribution in [1.82, 2.24) is 0 Å². The van der Waals surface area contributed by atoms with E-state index in [0.29, 0.717) is 125 Å². The third-order valence-corrected chi connectivity index (χ3v) is 8.94. The average Bonchev–Trinajstić information content (AvgIpc) is 3.23. The molecule has 344 valence electrons. The second kappa shape index (κ2) is 43.5. The van der Waals surface area contributed by atoms with E-state index in [9.17, 15) is 20.2 Å². The summed E-state index contributed by atoms with van der Waals surface area (Å²) in [6.07, 6.45) is 19.1. The molecule has 0 aromatic heterocycles. The SMILES string of the molecule is CCCCCCCCCCCCCCCCOCCOCCOCCOCCOCCOCCOCCOCCOCCOCCNc1ccc([N+](=O)[O-])cc1[N+](=O)[O-]. The third kappa shape index (κ3) is 37.0. The third-order valence-electron chi connectivity index (χ3n) is 8.94. The number of nitro benzene ring substituents is 2. The highest BCUT2D eigenvalue weighted by Gasteiger charge is 2.19. The van der Waals surface area contributed by atoms with Crippen LogP contribution in [0.1, 0.15) is 96.8 Å². The lowest BCUT2D eigenvalue weighted by Gasteiger charge is -2.09. The molecular formula is C42H77N3O14. The Labute approximate surface area is 353 Å². The maximum absolute atomic E-state index is 11.2. The molecule has 59 heavy (non-hydrogen) atoms. The highest BCUT2D eigenvalue weighted by atomic mass is 16.6. The molecule has 0 aliphatic rings. The Hall–Kier alpha value is -2.58. The number of benzene rings is 1. The summed E-state index contributed by atoms with van der Waals surface area (Å²) >= 11 is 0. The van der Waals surface area contributed by atoms with E-state index < -0.39 is 9.85 Å². The van der Waals surface area contributed by atoms with Crippen LogP contribution in [0.5, 0.6) is 0 Å². The van der Waals surface area contributed by atoms with E-state index in [2.05, 4.69) is 12.2 Å². The maximum Gasteiger partial charge on any atom is 0.299 e. The van der Waals surface area contributed by atoms with Crippen LogP contribution in [0.25, 0.3) is 0 Å². The molecular weight excluding hydrogens is 770 g/mol. The minimum atomic E-state index is -0.677. The van der Waals surface area contributed by atoms with E-state index in [4.69, 9.17) is 47.4 Å². The molecule has 0 atom stereocenters. The Morgan fingerprint density at radius 3 is 1.03 bits per heavy atom. The number of nitro groups is 2. The fourth-order valence-electron chi connectivity index (χ4n) is 5.67. The Balaban J connectivity index is 1.67. The van der Waals surface area contributed by atoms with Gasteiger partial charge in [0.25, 0.3) is 11.4 Å². The highest BCUT2D eigenvalue weighted by molar-refractivity contribution is 5.65. The number of non-ortho nitro benzene ring substituents is 1. The molecule has 0 spiro atoms. The van der Waals surface area contributed by atoms with Gasteiger partial charge in [-0.25, -0.2) is 0 Å². The lowest BCUT2D eigenvalue weighted by molar-refractivity contribution is -0.393.